The Morgan fingerprint density at radius 2 is 2.10 bits per heavy atom. The second-order valence-electron chi connectivity index (χ2n) is 4.88. The summed E-state index contributed by atoms with van der Waals surface area (Å²) >= 11 is 1.66. The number of nitrogens with zero attached hydrogens (tertiary/aromatic N) is 1. The predicted molar refractivity (Wildman–Crippen MR) is 78.6 cm³/mol. The third-order valence-electron chi connectivity index (χ3n) is 3.59. The van der Waals surface area contributed by atoms with Gasteiger partial charge in [-0.3, -0.25) is 0 Å². The van der Waals surface area contributed by atoms with Crippen molar-refractivity contribution in [3.63, 3.8) is 0 Å². The minimum Gasteiger partial charge on any atom is -0.478 e. The molecule has 0 radical (unpaired) electrons. The number of thioether (sulfide) groups is 1. The van der Waals surface area contributed by atoms with Gasteiger partial charge < -0.3 is 5.11 Å². The molecule has 116 valence electrons. The molecular formula is C13H16FNO4S2. The van der Waals surface area contributed by atoms with Crippen molar-refractivity contribution in [1.29, 1.82) is 0 Å². The summed E-state index contributed by atoms with van der Waals surface area (Å²) in [6.45, 7) is 3.98. The monoisotopic (exact) mass is 333 g/mol. The van der Waals surface area contributed by atoms with Crippen LogP contribution in [-0.4, -0.2) is 47.4 Å². The fourth-order valence-electron chi connectivity index (χ4n) is 2.21. The first kappa shape index (κ1) is 16.3. The number of hydrogen-bond donors (Lipinski definition) is 1. The molecule has 1 N–H and O–H groups in total. The zero-order valence-corrected chi connectivity index (χ0v) is 13.2. The van der Waals surface area contributed by atoms with E-state index in [1.54, 1.807) is 18.7 Å². The number of hydrogen-bond acceptors (Lipinski definition) is 4. The third kappa shape index (κ3) is 3.07. The highest BCUT2D eigenvalue weighted by molar-refractivity contribution is 8.00. The van der Waals surface area contributed by atoms with Gasteiger partial charge in [0.25, 0.3) is 0 Å². The van der Waals surface area contributed by atoms with Crippen LogP contribution in [0, 0.1) is 5.82 Å². The molecule has 1 aliphatic heterocycles. The van der Waals surface area contributed by atoms with Crippen molar-refractivity contribution in [1.82, 2.24) is 4.31 Å². The van der Waals surface area contributed by atoms with Crippen LogP contribution in [0.5, 0.6) is 0 Å². The first-order valence-electron chi connectivity index (χ1n) is 6.41. The predicted octanol–water partition coefficient (Wildman–Crippen LogP) is 2.04. The van der Waals surface area contributed by atoms with Gasteiger partial charge in [-0.15, -0.1) is 0 Å². The lowest BCUT2D eigenvalue weighted by atomic mass is 10.2. The molecule has 0 aromatic heterocycles. The summed E-state index contributed by atoms with van der Waals surface area (Å²) in [7, 11) is -4.05. The first-order chi connectivity index (χ1) is 9.75. The van der Waals surface area contributed by atoms with Gasteiger partial charge in [-0.05, 0) is 25.1 Å². The van der Waals surface area contributed by atoms with Crippen molar-refractivity contribution < 1.29 is 22.7 Å². The van der Waals surface area contributed by atoms with E-state index in [9.17, 15) is 17.6 Å². The third-order valence-corrected chi connectivity index (χ3v) is 6.93. The zero-order valence-electron chi connectivity index (χ0n) is 11.6. The zero-order chi connectivity index (χ0) is 15.8. The molecule has 8 heteroatoms. The number of carboxylic acids is 1. The lowest BCUT2D eigenvalue weighted by Gasteiger charge is -2.36. The number of aromatic carboxylic acids is 1. The second kappa shape index (κ2) is 5.94. The number of halogens is 1. The summed E-state index contributed by atoms with van der Waals surface area (Å²) in [5.41, 5.74) is -0.248. The highest BCUT2D eigenvalue weighted by atomic mass is 32.2. The van der Waals surface area contributed by atoms with Gasteiger partial charge in [-0.1, -0.05) is 6.92 Å². The standard InChI is InChI=1S/C13H16FNO4S2/c1-8-9(2)20-6-5-15(8)21(18,19)12-7-10(13(16)17)3-4-11(12)14/h3-4,7-9H,5-6H2,1-2H3,(H,16,17). The summed E-state index contributed by atoms with van der Waals surface area (Å²) in [5, 5.41) is 9.03. The van der Waals surface area contributed by atoms with E-state index in [1.165, 1.54) is 4.31 Å². The molecule has 1 heterocycles. The molecule has 1 aromatic rings. The summed E-state index contributed by atoms with van der Waals surface area (Å²) < 4.78 is 40.4. The summed E-state index contributed by atoms with van der Waals surface area (Å²) in [4.78, 5) is 10.4. The van der Waals surface area contributed by atoms with Crippen LogP contribution >= 0.6 is 11.8 Å². The fourth-order valence-corrected chi connectivity index (χ4v) is 5.29. The van der Waals surface area contributed by atoms with Crippen molar-refractivity contribution in [2.75, 3.05) is 12.3 Å². The van der Waals surface area contributed by atoms with Gasteiger partial charge in [-0.25, -0.2) is 17.6 Å². The molecule has 2 rings (SSSR count). The van der Waals surface area contributed by atoms with Crippen molar-refractivity contribution >= 4 is 27.8 Å². The Balaban J connectivity index is 2.48. The molecule has 0 amide bonds. The van der Waals surface area contributed by atoms with E-state index in [-0.39, 0.29) is 23.4 Å². The van der Waals surface area contributed by atoms with E-state index in [2.05, 4.69) is 0 Å². The summed E-state index contributed by atoms with van der Waals surface area (Å²) in [6, 6.07) is 2.53. The van der Waals surface area contributed by atoms with Crippen LogP contribution < -0.4 is 0 Å². The molecule has 21 heavy (non-hydrogen) atoms. The quantitative estimate of drug-likeness (QED) is 0.916. The largest absolute Gasteiger partial charge is 0.478 e. The van der Waals surface area contributed by atoms with Crippen LogP contribution in [0.2, 0.25) is 0 Å². The van der Waals surface area contributed by atoms with E-state index in [0.717, 1.165) is 18.2 Å². The average molecular weight is 333 g/mol. The van der Waals surface area contributed by atoms with Gasteiger partial charge >= 0.3 is 5.97 Å². The number of sulfonamides is 1. The smallest absolute Gasteiger partial charge is 0.335 e. The number of rotatable bonds is 3. The van der Waals surface area contributed by atoms with E-state index >= 15 is 0 Å². The van der Waals surface area contributed by atoms with Gasteiger partial charge in [0.05, 0.1) is 5.56 Å². The molecular weight excluding hydrogens is 317 g/mol. The molecule has 5 nitrogen and oxygen atoms in total. The Kier molecular flexibility index (Phi) is 4.60. The summed E-state index contributed by atoms with van der Waals surface area (Å²) in [6.07, 6.45) is 0. The number of benzene rings is 1. The summed E-state index contributed by atoms with van der Waals surface area (Å²) in [5.74, 6) is -1.59. The Morgan fingerprint density at radius 1 is 1.43 bits per heavy atom. The average Bonchev–Trinajstić information content (AvgIpc) is 2.41. The lowest BCUT2D eigenvalue weighted by Crippen LogP contribution is -2.48. The molecule has 0 saturated carbocycles. The highest BCUT2D eigenvalue weighted by Crippen LogP contribution is 2.30. The Bertz CT molecular complexity index is 662. The van der Waals surface area contributed by atoms with E-state index < -0.39 is 26.7 Å². The van der Waals surface area contributed by atoms with E-state index in [4.69, 9.17) is 5.11 Å². The normalized spacial score (nSPS) is 24.0. The van der Waals surface area contributed by atoms with Crippen LogP contribution in [0.15, 0.2) is 23.1 Å². The maximum Gasteiger partial charge on any atom is 0.335 e. The van der Waals surface area contributed by atoms with Crippen molar-refractivity contribution in [3.05, 3.63) is 29.6 Å². The highest BCUT2D eigenvalue weighted by Gasteiger charge is 2.36. The van der Waals surface area contributed by atoms with E-state index in [0.29, 0.717) is 5.75 Å². The fraction of sp³-hybridized carbons (Fsp3) is 0.462. The molecule has 2 unspecified atom stereocenters. The molecule has 2 atom stereocenters. The van der Waals surface area contributed by atoms with Gasteiger partial charge in [0.2, 0.25) is 10.0 Å². The second-order valence-corrected chi connectivity index (χ2v) is 8.23. The molecule has 1 fully saturated rings. The van der Waals surface area contributed by atoms with Crippen LogP contribution in [-0.2, 0) is 10.0 Å². The maximum absolute atomic E-state index is 13.9. The topological polar surface area (TPSA) is 74.7 Å². The van der Waals surface area contributed by atoms with Crippen LogP contribution in [0.3, 0.4) is 0 Å². The SMILES string of the molecule is CC1SCCN(S(=O)(=O)c2cc(C(=O)O)ccc2F)C1C. The Morgan fingerprint density at radius 3 is 2.71 bits per heavy atom. The van der Waals surface area contributed by atoms with Gasteiger partial charge in [0.1, 0.15) is 10.7 Å². The molecule has 0 spiro atoms. The van der Waals surface area contributed by atoms with Crippen LogP contribution in [0.25, 0.3) is 0 Å². The molecule has 1 aliphatic rings. The van der Waals surface area contributed by atoms with E-state index in [1.807, 2.05) is 6.92 Å². The lowest BCUT2D eigenvalue weighted by molar-refractivity contribution is 0.0696. The van der Waals surface area contributed by atoms with Gasteiger partial charge in [0.15, 0.2) is 0 Å². The van der Waals surface area contributed by atoms with Crippen LogP contribution in [0.4, 0.5) is 4.39 Å². The molecule has 1 saturated heterocycles. The first-order valence-corrected chi connectivity index (χ1v) is 8.90. The van der Waals surface area contributed by atoms with Crippen LogP contribution in [0.1, 0.15) is 24.2 Å². The molecule has 0 aliphatic carbocycles. The molecule has 0 bridgehead atoms. The van der Waals surface area contributed by atoms with Crippen molar-refractivity contribution in [3.8, 4) is 0 Å². The van der Waals surface area contributed by atoms with Crippen molar-refractivity contribution in [2.24, 2.45) is 0 Å². The maximum atomic E-state index is 13.9. The minimum absolute atomic E-state index is 0.0965. The number of carbonyl (C=O) groups is 1. The minimum atomic E-state index is -4.05. The Labute approximate surface area is 127 Å². The molecule has 1 aromatic carbocycles. The van der Waals surface area contributed by atoms with Crippen molar-refractivity contribution in [2.45, 2.75) is 30.0 Å². The number of carboxylic acid groups (broad SMARTS) is 1. The van der Waals surface area contributed by atoms with Gasteiger partial charge in [-0.2, -0.15) is 16.1 Å². The van der Waals surface area contributed by atoms with Gasteiger partial charge in [0, 0.05) is 23.6 Å². The Hall–Kier alpha value is -1.12.